The molecule has 1 aromatic carbocycles. The van der Waals surface area contributed by atoms with E-state index in [1.165, 1.54) is 5.56 Å². The molecule has 21 heavy (non-hydrogen) atoms. The number of nitrogens with one attached hydrogen (secondary N) is 1. The fourth-order valence-electron chi connectivity index (χ4n) is 2.47. The second-order valence-corrected chi connectivity index (χ2v) is 6.36. The van der Waals surface area contributed by atoms with Gasteiger partial charge >= 0.3 is 0 Å². The van der Waals surface area contributed by atoms with Crippen LogP contribution >= 0.6 is 11.8 Å². The van der Waals surface area contributed by atoms with Crippen molar-refractivity contribution in [2.75, 3.05) is 31.7 Å². The molecule has 0 saturated carbocycles. The summed E-state index contributed by atoms with van der Waals surface area (Å²) in [5.41, 5.74) is 1.27. The van der Waals surface area contributed by atoms with Crippen LogP contribution < -0.4 is 5.32 Å². The summed E-state index contributed by atoms with van der Waals surface area (Å²) in [4.78, 5) is 14.5. The largest absolute Gasteiger partial charge is 0.366 e. The lowest BCUT2D eigenvalue weighted by atomic mass is 10.2. The molecule has 1 aliphatic rings. The Morgan fingerprint density at radius 3 is 2.95 bits per heavy atom. The van der Waals surface area contributed by atoms with Gasteiger partial charge in [-0.2, -0.15) is 11.8 Å². The van der Waals surface area contributed by atoms with Crippen molar-refractivity contribution in [1.82, 2.24) is 10.2 Å². The van der Waals surface area contributed by atoms with E-state index < -0.39 is 0 Å². The van der Waals surface area contributed by atoms with E-state index in [2.05, 4.69) is 22.3 Å². The second kappa shape index (κ2) is 8.41. The molecule has 4 nitrogen and oxygen atoms in total. The van der Waals surface area contributed by atoms with Gasteiger partial charge in [-0.15, -0.1) is 0 Å². The molecule has 0 radical (unpaired) electrons. The Balaban J connectivity index is 1.84. The Morgan fingerprint density at radius 1 is 1.48 bits per heavy atom. The van der Waals surface area contributed by atoms with Gasteiger partial charge in [0.1, 0.15) is 6.10 Å². The number of ether oxygens (including phenoxy) is 1. The van der Waals surface area contributed by atoms with Crippen molar-refractivity contribution in [1.29, 1.82) is 0 Å². The van der Waals surface area contributed by atoms with Crippen LogP contribution in [0.15, 0.2) is 30.3 Å². The lowest BCUT2D eigenvalue weighted by molar-refractivity contribution is -0.139. The minimum atomic E-state index is -0.355. The predicted molar refractivity (Wildman–Crippen MR) is 87.4 cm³/mol. The topological polar surface area (TPSA) is 41.6 Å². The first kappa shape index (κ1) is 16.3. The molecule has 2 atom stereocenters. The number of carbonyl (C=O) groups is 1. The summed E-state index contributed by atoms with van der Waals surface area (Å²) < 4.78 is 5.63. The van der Waals surface area contributed by atoms with E-state index in [0.29, 0.717) is 13.2 Å². The molecule has 0 spiro atoms. The van der Waals surface area contributed by atoms with Crippen LogP contribution in [0.3, 0.4) is 0 Å². The molecule has 2 unspecified atom stereocenters. The molecule has 5 heteroatoms. The number of hydrogen-bond acceptors (Lipinski definition) is 4. The van der Waals surface area contributed by atoms with Gasteiger partial charge in [-0.1, -0.05) is 30.3 Å². The van der Waals surface area contributed by atoms with Gasteiger partial charge in [-0.25, -0.2) is 0 Å². The van der Waals surface area contributed by atoms with Crippen LogP contribution in [0, 0.1) is 0 Å². The molecule has 0 aromatic heterocycles. The third-order valence-electron chi connectivity index (χ3n) is 3.50. The Kier molecular flexibility index (Phi) is 6.54. The first-order valence-electron chi connectivity index (χ1n) is 7.36. The molecule has 0 bridgehead atoms. The van der Waals surface area contributed by atoms with Crippen LogP contribution in [0.2, 0.25) is 0 Å². The Hall–Kier alpha value is -1.04. The molecule has 1 aromatic rings. The molecule has 1 N–H and O–H groups in total. The fourth-order valence-corrected chi connectivity index (χ4v) is 3.06. The zero-order chi connectivity index (χ0) is 15.1. The molecule has 2 rings (SSSR count). The van der Waals surface area contributed by atoms with Crippen LogP contribution in [-0.2, 0) is 16.1 Å². The molecule has 0 aliphatic carbocycles. The van der Waals surface area contributed by atoms with Crippen molar-refractivity contribution in [3.05, 3.63) is 35.9 Å². The number of benzene rings is 1. The highest BCUT2D eigenvalue weighted by Gasteiger charge is 2.27. The maximum absolute atomic E-state index is 12.2. The highest BCUT2D eigenvalue weighted by atomic mass is 32.2. The zero-order valence-electron chi connectivity index (χ0n) is 12.7. The van der Waals surface area contributed by atoms with Gasteiger partial charge in [0, 0.05) is 31.4 Å². The minimum Gasteiger partial charge on any atom is -0.366 e. The Bertz CT molecular complexity index is 441. The summed E-state index contributed by atoms with van der Waals surface area (Å²) in [6.45, 7) is 5.04. The summed E-state index contributed by atoms with van der Waals surface area (Å²) in [6, 6.07) is 10.5. The number of rotatable bonds is 6. The molecule has 1 fully saturated rings. The third kappa shape index (κ3) is 5.34. The summed E-state index contributed by atoms with van der Waals surface area (Å²) in [7, 11) is 0. The minimum absolute atomic E-state index is 0.00862. The SMILES string of the molecule is CSCC(C)NC(=O)C1CN(Cc2ccccc2)CCO1. The number of carbonyl (C=O) groups excluding carboxylic acids is 1. The number of hydrogen-bond donors (Lipinski definition) is 1. The van der Waals surface area contributed by atoms with Crippen molar-refractivity contribution in [2.45, 2.75) is 25.6 Å². The monoisotopic (exact) mass is 308 g/mol. The van der Waals surface area contributed by atoms with Crippen LogP contribution in [0.25, 0.3) is 0 Å². The summed E-state index contributed by atoms with van der Waals surface area (Å²) in [6.07, 6.45) is 1.69. The van der Waals surface area contributed by atoms with Crippen LogP contribution in [0.1, 0.15) is 12.5 Å². The molecular weight excluding hydrogens is 284 g/mol. The summed E-state index contributed by atoms with van der Waals surface area (Å²) in [5, 5.41) is 3.02. The summed E-state index contributed by atoms with van der Waals surface area (Å²) >= 11 is 1.73. The highest BCUT2D eigenvalue weighted by Crippen LogP contribution is 2.11. The van der Waals surface area contributed by atoms with E-state index in [0.717, 1.165) is 18.8 Å². The standard InChI is InChI=1S/C16H24N2O2S/c1-13(12-21-2)17-16(19)15-11-18(8-9-20-15)10-14-6-4-3-5-7-14/h3-7,13,15H,8-12H2,1-2H3,(H,17,19). The van der Waals surface area contributed by atoms with Crippen molar-refractivity contribution in [3.8, 4) is 0 Å². The van der Waals surface area contributed by atoms with Crippen molar-refractivity contribution < 1.29 is 9.53 Å². The van der Waals surface area contributed by atoms with Crippen molar-refractivity contribution >= 4 is 17.7 Å². The van der Waals surface area contributed by atoms with E-state index in [4.69, 9.17) is 4.74 Å². The molecule has 116 valence electrons. The van der Waals surface area contributed by atoms with E-state index in [9.17, 15) is 4.79 Å². The number of amides is 1. The Labute approximate surface area is 131 Å². The molecule has 1 heterocycles. The first-order valence-corrected chi connectivity index (χ1v) is 8.75. The second-order valence-electron chi connectivity index (χ2n) is 5.45. The smallest absolute Gasteiger partial charge is 0.250 e. The van der Waals surface area contributed by atoms with E-state index in [1.54, 1.807) is 11.8 Å². The number of nitrogens with zero attached hydrogens (tertiary/aromatic N) is 1. The van der Waals surface area contributed by atoms with Crippen LogP contribution in [0.4, 0.5) is 0 Å². The maximum Gasteiger partial charge on any atom is 0.250 e. The van der Waals surface area contributed by atoms with Gasteiger partial charge in [0.15, 0.2) is 0 Å². The molecule has 1 amide bonds. The zero-order valence-corrected chi connectivity index (χ0v) is 13.6. The van der Waals surface area contributed by atoms with E-state index in [-0.39, 0.29) is 18.1 Å². The number of thioether (sulfide) groups is 1. The van der Waals surface area contributed by atoms with Crippen molar-refractivity contribution in [2.24, 2.45) is 0 Å². The van der Waals surface area contributed by atoms with Crippen LogP contribution in [0.5, 0.6) is 0 Å². The van der Waals surface area contributed by atoms with Crippen molar-refractivity contribution in [3.63, 3.8) is 0 Å². The maximum atomic E-state index is 12.2. The molecular formula is C16H24N2O2S. The van der Waals surface area contributed by atoms with Gasteiger partial charge in [-0.05, 0) is 18.7 Å². The van der Waals surface area contributed by atoms with E-state index >= 15 is 0 Å². The number of morpholine rings is 1. The van der Waals surface area contributed by atoms with Gasteiger partial charge < -0.3 is 10.1 Å². The first-order chi connectivity index (χ1) is 10.2. The molecule has 1 saturated heterocycles. The average molecular weight is 308 g/mol. The van der Waals surface area contributed by atoms with Gasteiger partial charge in [0.05, 0.1) is 6.61 Å². The Morgan fingerprint density at radius 2 is 2.24 bits per heavy atom. The molecule has 1 aliphatic heterocycles. The average Bonchev–Trinajstić information content (AvgIpc) is 2.49. The van der Waals surface area contributed by atoms with Gasteiger partial charge in [-0.3, -0.25) is 9.69 Å². The normalized spacial score (nSPS) is 21.0. The fraction of sp³-hybridized carbons (Fsp3) is 0.562. The predicted octanol–water partition coefficient (Wildman–Crippen LogP) is 1.76. The van der Waals surface area contributed by atoms with Gasteiger partial charge in [0.25, 0.3) is 5.91 Å². The lowest BCUT2D eigenvalue weighted by Crippen LogP contribution is -2.51. The summed E-state index contributed by atoms with van der Waals surface area (Å²) in [5.74, 6) is 0.931. The highest BCUT2D eigenvalue weighted by molar-refractivity contribution is 7.98. The van der Waals surface area contributed by atoms with Crippen LogP contribution in [-0.4, -0.2) is 54.7 Å². The lowest BCUT2D eigenvalue weighted by Gasteiger charge is -2.32. The van der Waals surface area contributed by atoms with Gasteiger partial charge in [0.2, 0.25) is 0 Å². The van der Waals surface area contributed by atoms with E-state index in [1.807, 2.05) is 31.4 Å². The third-order valence-corrected chi connectivity index (χ3v) is 4.33. The quantitative estimate of drug-likeness (QED) is 0.869.